The van der Waals surface area contributed by atoms with E-state index in [1.165, 1.54) is 65.2 Å². The Kier molecular flexibility index (Phi) is 3.30. The zero-order valence-corrected chi connectivity index (χ0v) is 12.2. The van der Waals surface area contributed by atoms with Crippen LogP contribution in [0.5, 0.6) is 0 Å². The molecule has 4 heteroatoms. The van der Waals surface area contributed by atoms with Crippen LogP contribution in [-0.4, -0.2) is 86.2 Å². The number of piperazine rings is 1. The molecule has 4 rings (SSSR count). The molecule has 2 bridgehead atoms. The van der Waals surface area contributed by atoms with Crippen LogP contribution in [0.3, 0.4) is 0 Å². The smallest absolute Gasteiger partial charge is 0.0202 e. The monoisotopic (exact) mass is 264 g/mol. The van der Waals surface area contributed by atoms with E-state index in [0.717, 1.165) is 23.9 Å². The third-order valence-corrected chi connectivity index (χ3v) is 5.63. The molecule has 3 aliphatic heterocycles. The molecule has 0 aromatic carbocycles. The zero-order chi connectivity index (χ0) is 12.8. The van der Waals surface area contributed by atoms with Crippen molar-refractivity contribution >= 4 is 0 Å². The highest BCUT2D eigenvalue weighted by atomic mass is 15.3. The Bertz CT molecular complexity index is 308. The van der Waals surface area contributed by atoms with Crippen LogP contribution < -0.4 is 5.32 Å². The van der Waals surface area contributed by atoms with Crippen molar-refractivity contribution < 1.29 is 0 Å². The van der Waals surface area contributed by atoms with Crippen molar-refractivity contribution in [1.29, 1.82) is 0 Å². The molecule has 0 spiro atoms. The van der Waals surface area contributed by atoms with E-state index in [0.29, 0.717) is 0 Å². The van der Waals surface area contributed by atoms with Crippen LogP contribution in [0.4, 0.5) is 0 Å². The summed E-state index contributed by atoms with van der Waals surface area (Å²) in [5, 5.41) is 3.50. The Labute approximate surface area is 117 Å². The number of rotatable bonds is 2. The first-order valence-electron chi connectivity index (χ1n) is 8.18. The number of piperidine rings is 2. The van der Waals surface area contributed by atoms with E-state index in [1.807, 2.05) is 0 Å². The summed E-state index contributed by atoms with van der Waals surface area (Å²) in [5.74, 6) is 1.77. The molecule has 4 fully saturated rings. The topological polar surface area (TPSA) is 21.8 Å². The van der Waals surface area contributed by atoms with Crippen molar-refractivity contribution in [3.8, 4) is 0 Å². The lowest BCUT2D eigenvalue weighted by molar-refractivity contribution is -0.0505. The summed E-state index contributed by atoms with van der Waals surface area (Å²) < 4.78 is 0. The van der Waals surface area contributed by atoms with Crippen LogP contribution in [0, 0.1) is 11.8 Å². The minimum Gasteiger partial charge on any atom is -0.314 e. The number of hydrogen-bond donors (Lipinski definition) is 1. The van der Waals surface area contributed by atoms with Gasteiger partial charge in [-0.1, -0.05) is 0 Å². The summed E-state index contributed by atoms with van der Waals surface area (Å²) in [6.45, 7) is 10.3. The highest BCUT2D eigenvalue weighted by molar-refractivity contribution is 5.02. The van der Waals surface area contributed by atoms with E-state index in [9.17, 15) is 0 Å². The molecule has 0 aromatic rings. The third-order valence-electron chi connectivity index (χ3n) is 5.63. The highest BCUT2D eigenvalue weighted by Crippen LogP contribution is 2.37. The van der Waals surface area contributed by atoms with Gasteiger partial charge in [0.1, 0.15) is 0 Å². The Morgan fingerprint density at radius 3 is 2.05 bits per heavy atom. The predicted octanol–water partition coefficient (Wildman–Crippen LogP) is -0.0840. The third kappa shape index (κ3) is 2.44. The number of fused-ring (bicyclic) bond motifs is 2. The molecule has 0 radical (unpaired) electrons. The first-order valence-corrected chi connectivity index (χ1v) is 8.18. The van der Waals surface area contributed by atoms with E-state index in [1.54, 1.807) is 0 Å². The molecule has 1 saturated carbocycles. The first-order chi connectivity index (χ1) is 9.31. The number of likely N-dealkylation sites (tertiary alicyclic amines) is 2. The lowest BCUT2D eigenvalue weighted by Gasteiger charge is -2.54. The Balaban J connectivity index is 1.50. The Morgan fingerprint density at radius 1 is 0.842 bits per heavy atom. The van der Waals surface area contributed by atoms with Crippen LogP contribution in [0.2, 0.25) is 0 Å². The molecule has 1 aliphatic carbocycles. The normalized spacial score (nSPS) is 42.5. The average molecular weight is 264 g/mol. The molecule has 0 aromatic heterocycles. The van der Waals surface area contributed by atoms with Crippen molar-refractivity contribution in [3.63, 3.8) is 0 Å². The van der Waals surface area contributed by atoms with Crippen molar-refractivity contribution in [2.24, 2.45) is 11.8 Å². The van der Waals surface area contributed by atoms with E-state index in [-0.39, 0.29) is 0 Å². The molecular weight excluding hydrogens is 236 g/mol. The summed E-state index contributed by atoms with van der Waals surface area (Å²) >= 11 is 0. The summed E-state index contributed by atoms with van der Waals surface area (Å²) in [6.07, 6.45) is 2.93. The number of nitrogens with one attached hydrogen (secondary N) is 1. The van der Waals surface area contributed by atoms with Crippen LogP contribution >= 0.6 is 0 Å². The number of hydrogen-bond acceptors (Lipinski definition) is 4. The van der Waals surface area contributed by atoms with E-state index in [2.05, 4.69) is 27.1 Å². The fourth-order valence-electron chi connectivity index (χ4n) is 4.80. The van der Waals surface area contributed by atoms with Gasteiger partial charge in [-0.15, -0.1) is 0 Å². The molecule has 108 valence electrons. The minimum atomic E-state index is 0.869. The van der Waals surface area contributed by atoms with Crippen LogP contribution in [0.25, 0.3) is 0 Å². The molecule has 4 aliphatic rings. The SMILES string of the molecule is CN1CC2CN(C3CC3)CC(C1)C2N1CCNCC1. The van der Waals surface area contributed by atoms with Gasteiger partial charge >= 0.3 is 0 Å². The largest absolute Gasteiger partial charge is 0.314 e. The predicted molar refractivity (Wildman–Crippen MR) is 77.3 cm³/mol. The molecule has 4 nitrogen and oxygen atoms in total. The van der Waals surface area contributed by atoms with E-state index in [4.69, 9.17) is 0 Å². The molecule has 0 amide bonds. The van der Waals surface area contributed by atoms with Crippen molar-refractivity contribution in [2.45, 2.75) is 24.9 Å². The van der Waals surface area contributed by atoms with Crippen LogP contribution in [-0.2, 0) is 0 Å². The van der Waals surface area contributed by atoms with Gasteiger partial charge in [0.2, 0.25) is 0 Å². The molecule has 3 heterocycles. The van der Waals surface area contributed by atoms with Crippen LogP contribution in [0.15, 0.2) is 0 Å². The Hall–Kier alpha value is -0.160. The maximum atomic E-state index is 3.50. The average Bonchev–Trinajstić information content (AvgIpc) is 3.22. The second-order valence-corrected chi connectivity index (χ2v) is 7.20. The maximum absolute atomic E-state index is 3.50. The summed E-state index contributed by atoms with van der Waals surface area (Å²) in [4.78, 5) is 8.21. The van der Waals surface area contributed by atoms with Gasteiger partial charge in [-0.25, -0.2) is 0 Å². The Morgan fingerprint density at radius 2 is 1.47 bits per heavy atom. The first kappa shape index (κ1) is 12.6. The fraction of sp³-hybridized carbons (Fsp3) is 1.00. The van der Waals surface area contributed by atoms with Gasteiger partial charge in [0.05, 0.1) is 0 Å². The molecular formula is C15H28N4. The molecule has 2 unspecified atom stereocenters. The number of nitrogens with zero attached hydrogens (tertiary/aromatic N) is 3. The zero-order valence-electron chi connectivity index (χ0n) is 12.2. The fourth-order valence-corrected chi connectivity index (χ4v) is 4.80. The molecule has 1 N–H and O–H groups in total. The highest BCUT2D eigenvalue weighted by Gasteiger charge is 2.46. The van der Waals surface area contributed by atoms with Crippen molar-refractivity contribution in [2.75, 3.05) is 59.4 Å². The summed E-state index contributed by atoms with van der Waals surface area (Å²) in [7, 11) is 2.32. The molecule has 3 saturated heterocycles. The second-order valence-electron chi connectivity index (χ2n) is 7.20. The summed E-state index contributed by atoms with van der Waals surface area (Å²) in [5.41, 5.74) is 0. The van der Waals surface area contributed by atoms with Gasteiger partial charge in [-0.2, -0.15) is 0 Å². The molecule has 2 atom stereocenters. The van der Waals surface area contributed by atoms with Crippen molar-refractivity contribution in [3.05, 3.63) is 0 Å². The lowest BCUT2D eigenvalue weighted by atomic mass is 9.78. The standard InChI is InChI=1S/C15H28N4/c1-17-8-12-10-19(14-2-3-14)11-13(9-17)15(12)18-6-4-16-5-7-18/h12-16H,2-11H2,1H3. The summed E-state index contributed by atoms with van der Waals surface area (Å²) in [6, 6.07) is 1.82. The quantitative estimate of drug-likeness (QED) is 0.753. The van der Waals surface area contributed by atoms with Gasteiger partial charge in [0, 0.05) is 76.3 Å². The maximum Gasteiger partial charge on any atom is 0.0202 e. The van der Waals surface area contributed by atoms with E-state index < -0.39 is 0 Å². The molecule has 19 heavy (non-hydrogen) atoms. The van der Waals surface area contributed by atoms with Gasteiger partial charge in [0.25, 0.3) is 0 Å². The van der Waals surface area contributed by atoms with Crippen LogP contribution in [0.1, 0.15) is 12.8 Å². The lowest BCUT2D eigenvalue weighted by Crippen LogP contribution is -2.66. The second kappa shape index (κ2) is 4.99. The minimum absolute atomic E-state index is 0.869. The van der Waals surface area contributed by atoms with Gasteiger partial charge in [0.15, 0.2) is 0 Å². The van der Waals surface area contributed by atoms with Crippen molar-refractivity contribution in [1.82, 2.24) is 20.0 Å². The van der Waals surface area contributed by atoms with Gasteiger partial charge in [-0.05, 0) is 19.9 Å². The van der Waals surface area contributed by atoms with Gasteiger partial charge in [-0.3, -0.25) is 9.80 Å². The van der Waals surface area contributed by atoms with E-state index >= 15 is 0 Å². The van der Waals surface area contributed by atoms with Gasteiger partial charge < -0.3 is 10.2 Å².